The van der Waals surface area contributed by atoms with Crippen LogP contribution >= 0.6 is 35.6 Å². The van der Waals surface area contributed by atoms with Gasteiger partial charge in [-0.2, -0.15) is 0 Å². The maximum Gasteiger partial charge on any atom is 0.266 e. The largest absolute Gasteiger partial charge is 0.548 e. The summed E-state index contributed by atoms with van der Waals surface area (Å²) in [6, 6.07) is 9.53. The Morgan fingerprint density at radius 3 is 2.64 bits per heavy atom. The molecule has 1 amide bonds. The molecule has 0 N–H and O–H groups in total. The van der Waals surface area contributed by atoms with Gasteiger partial charge in [0.1, 0.15) is 15.8 Å². The summed E-state index contributed by atoms with van der Waals surface area (Å²) in [5.41, 5.74) is 0.849. The maximum atomic E-state index is 12.4. The fraction of sp³-hybridized carbons (Fsp3) is 0.118. The topological polar surface area (TPSA) is 73.6 Å². The molecule has 1 aliphatic heterocycles. The molecule has 0 radical (unpaired) electrons. The molecule has 3 rings (SSSR count). The summed E-state index contributed by atoms with van der Waals surface area (Å²) in [7, 11) is 0. The number of aliphatic carboxylic acids is 1. The van der Waals surface area contributed by atoms with Crippen LogP contribution in [0.15, 0.2) is 45.7 Å². The average molecular weight is 393 g/mol. The van der Waals surface area contributed by atoms with Crippen molar-refractivity contribution in [2.75, 3.05) is 0 Å². The van der Waals surface area contributed by atoms with Crippen LogP contribution < -0.4 is 5.11 Å². The molecule has 1 fully saturated rings. The van der Waals surface area contributed by atoms with Gasteiger partial charge in [-0.3, -0.25) is 9.69 Å². The lowest BCUT2D eigenvalue weighted by atomic mass is 10.2. The molecule has 1 saturated heterocycles. The standard InChI is InChI=1S/C17H12ClNO4S2/c1-9(16(21)22)19-15(20)14(25-17(19)24)8-12-6-7-13(23-12)10-2-4-11(18)5-3-10/h2-9H,1H3,(H,21,22)/p-1/b14-8-/t9-/m1/s1. The lowest BCUT2D eigenvalue weighted by molar-refractivity contribution is -0.309. The van der Waals surface area contributed by atoms with E-state index in [4.69, 9.17) is 28.2 Å². The molecule has 0 unspecified atom stereocenters. The van der Waals surface area contributed by atoms with Crippen molar-refractivity contribution in [2.45, 2.75) is 13.0 Å². The van der Waals surface area contributed by atoms with Crippen LogP contribution in [0.1, 0.15) is 12.7 Å². The molecule has 5 nitrogen and oxygen atoms in total. The number of hydrogen-bond donors (Lipinski definition) is 0. The van der Waals surface area contributed by atoms with Gasteiger partial charge in [-0.15, -0.1) is 0 Å². The first-order valence-electron chi connectivity index (χ1n) is 7.20. The zero-order chi connectivity index (χ0) is 18.1. The predicted octanol–water partition coefficient (Wildman–Crippen LogP) is 2.94. The molecule has 8 heteroatoms. The number of rotatable bonds is 4. The first kappa shape index (κ1) is 17.7. The van der Waals surface area contributed by atoms with Crippen LogP contribution in [0, 0.1) is 0 Å². The van der Waals surface area contributed by atoms with Crippen molar-refractivity contribution in [3.05, 3.63) is 52.1 Å². The summed E-state index contributed by atoms with van der Waals surface area (Å²) in [6.07, 6.45) is 1.54. The minimum absolute atomic E-state index is 0.178. The van der Waals surface area contributed by atoms with E-state index in [2.05, 4.69) is 0 Å². The van der Waals surface area contributed by atoms with Crippen LogP contribution in [0.25, 0.3) is 17.4 Å². The Balaban J connectivity index is 1.84. The number of nitrogens with zero attached hydrogens (tertiary/aromatic N) is 1. The Hall–Kier alpha value is -2.09. The maximum absolute atomic E-state index is 12.4. The number of halogens is 1. The van der Waals surface area contributed by atoms with E-state index >= 15 is 0 Å². The monoisotopic (exact) mass is 392 g/mol. The highest BCUT2D eigenvalue weighted by Crippen LogP contribution is 2.34. The summed E-state index contributed by atoms with van der Waals surface area (Å²) in [5.74, 6) is -0.746. The van der Waals surface area contributed by atoms with Crippen LogP contribution in [-0.4, -0.2) is 27.1 Å². The molecule has 1 aromatic heterocycles. The Kier molecular flexibility index (Phi) is 4.99. The van der Waals surface area contributed by atoms with E-state index in [-0.39, 0.29) is 4.32 Å². The molecule has 128 valence electrons. The minimum atomic E-state index is -1.36. The van der Waals surface area contributed by atoms with Gasteiger partial charge in [0.25, 0.3) is 5.91 Å². The van der Waals surface area contributed by atoms with Gasteiger partial charge in [0.2, 0.25) is 0 Å². The summed E-state index contributed by atoms with van der Waals surface area (Å²) in [6.45, 7) is 1.36. The third-order valence-corrected chi connectivity index (χ3v) is 5.16. The van der Waals surface area contributed by atoms with E-state index in [0.29, 0.717) is 21.4 Å². The lowest BCUT2D eigenvalue weighted by Gasteiger charge is -2.23. The quantitative estimate of drug-likeness (QED) is 0.588. The number of thiocarbonyl (C=S) groups is 1. The van der Waals surface area contributed by atoms with Crippen molar-refractivity contribution in [1.29, 1.82) is 0 Å². The smallest absolute Gasteiger partial charge is 0.266 e. The van der Waals surface area contributed by atoms with Gasteiger partial charge >= 0.3 is 0 Å². The normalized spacial score (nSPS) is 17.4. The molecule has 2 heterocycles. The lowest BCUT2D eigenvalue weighted by Crippen LogP contribution is -2.48. The Morgan fingerprint density at radius 2 is 2.00 bits per heavy atom. The van der Waals surface area contributed by atoms with Crippen molar-refractivity contribution >= 4 is 57.9 Å². The third kappa shape index (κ3) is 3.63. The number of furan rings is 1. The Bertz CT molecular complexity index is 888. The van der Waals surface area contributed by atoms with E-state index < -0.39 is 17.9 Å². The van der Waals surface area contributed by atoms with Gasteiger partial charge in [0.15, 0.2) is 0 Å². The van der Waals surface area contributed by atoms with Gasteiger partial charge < -0.3 is 14.3 Å². The van der Waals surface area contributed by atoms with E-state index in [1.165, 1.54) is 6.92 Å². The summed E-state index contributed by atoms with van der Waals surface area (Å²) in [5, 5.41) is 11.6. The minimum Gasteiger partial charge on any atom is -0.548 e. The van der Waals surface area contributed by atoms with E-state index in [0.717, 1.165) is 22.2 Å². The molecule has 0 spiro atoms. The van der Waals surface area contributed by atoms with E-state index in [9.17, 15) is 14.7 Å². The van der Waals surface area contributed by atoms with Crippen molar-refractivity contribution in [2.24, 2.45) is 0 Å². The molecule has 0 saturated carbocycles. The molecule has 25 heavy (non-hydrogen) atoms. The molecule has 0 bridgehead atoms. The van der Waals surface area contributed by atoms with E-state index in [1.54, 1.807) is 30.3 Å². The average Bonchev–Trinajstić information content (AvgIpc) is 3.13. The highest BCUT2D eigenvalue weighted by atomic mass is 35.5. The van der Waals surface area contributed by atoms with Gasteiger partial charge in [-0.05, 0) is 43.3 Å². The third-order valence-electron chi connectivity index (χ3n) is 3.58. The SMILES string of the molecule is C[C@H](C(=O)[O-])N1C(=O)/C(=C/c2ccc(-c3ccc(Cl)cc3)o2)SC1=S. The first-order valence-corrected chi connectivity index (χ1v) is 8.81. The zero-order valence-electron chi connectivity index (χ0n) is 12.9. The van der Waals surface area contributed by atoms with Crippen molar-refractivity contribution in [3.8, 4) is 11.3 Å². The van der Waals surface area contributed by atoms with Gasteiger partial charge in [0.05, 0.1) is 16.9 Å². The number of benzene rings is 1. The number of thioether (sulfide) groups is 1. The zero-order valence-corrected chi connectivity index (χ0v) is 15.3. The number of carbonyl (C=O) groups is 2. The summed E-state index contributed by atoms with van der Waals surface area (Å²) >= 11 is 12.0. The van der Waals surface area contributed by atoms with Gasteiger partial charge in [0, 0.05) is 16.7 Å². The second-order valence-corrected chi connectivity index (χ2v) is 7.37. The predicted molar refractivity (Wildman–Crippen MR) is 98.6 cm³/mol. The summed E-state index contributed by atoms with van der Waals surface area (Å²) in [4.78, 5) is 24.7. The van der Waals surface area contributed by atoms with Crippen LogP contribution in [-0.2, 0) is 9.59 Å². The Morgan fingerprint density at radius 1 is 1.32 bits per heavy atom. The second kappa shape index (κ2) is 7.03. The number of amides is 1. The summed E-state index contributed by atoms with van der Waals surface area (Å²) < 4.78 is 5.90. The number of carboxylic acid groups (broad SMARTS) is 1. The van der Waals surface area contributed by atoms with Crippen molar-refractivity contribution < 1.29 is 19.1 Å². The molecule has 2 aromatic rings. The Labute approximate surface area is 158 Å². The highest BCUT2D eigenvalue weighted by molar-refractivity contribution is 8.26. The van der Waals surface area contributed by atoms with Crippen LogP contribution in [0.5, 0.6) is 0 Å². The number of carbonyl (C=O) groups excluding carboxylic acids is 2. The van der Waals surface area contributed by atoms with Crippen molar-refractivity contribution in [1.82, 2.24) is 4.90 Å². The second-order valence-electron chi connectivity index (χ2n) is 5.26. The molecule has 0 aliphatic carbocycles. The van der Waals surface area contributed by atoms with Gasteiger partial charge in [-0.1, -0.05) is 35.6 Å². The molecule has 1 aliphatic rings. The van der Waals surface area contributed by atoms with E-state index in [1.807, 2.05) is 12.1 Å². The fourth-order valence-electron chi connectivity index (χ4n) is 2.25. The van der Waals surface area contributed by atoms with Crippen LogP contribution in [0.3, 0.4) is 0 Å². The molecule has 1 atom stereocenters. The number of hydrogen-bond acceptors (Lipinski definition) is 6. The van der Waals surface area contributed by atoms with Crippen molar-refractivity contribution in [3.63, 3.8) is 0 Å². The van der Waals surface area contributed by atoms with Gasteiger partial charge in [-0.25, -0.2) is 0 Å². The first-order chi connectivity index (χ1) is 11.9. The molecular weight excluding hydrogens is 382 g/mol. The molecule has 1 aromatic carbocycles. The van der Waals surface area contributed by atoms with Crippen LogP contribution in [0.4, 0.5) is 0 Å². The highest BCUT2D eigenvalue weighted by Gasteiger charge is 2.36. The number of carboxylic acids is 1. The fourth-order valence-corrected chi connectivity index (χ4v) is 3.77. The molecular formula is C17H11ClNO4S2-. The van der Waals surface area contributed by atoms with Crippen LogP contribution in [0.2, 0.25) is 5.02 Å².